The van der Waals surface area contributed by atoms with Crippen LogP contribution >= 0.6 is 0 Å². The number of carboxylic acids is 1. The van der Waals surface area contributed by atoms with E-state index in [-0.39, 0.29) is 5.69 Å². The highest BCUT2D eigenvalue weighted by Crippen LogP contribution is 2.36. The lowest BCUT2D eigenvalue weighted by Gasteiger charge is -2.11. The summed E-state index contributed by atoms with van der Waals surface area (Å²) < 4.78 is 12.3. The van der Waals surface area contributed by atoms with E-state index in [0.717, 1.165) is 11.1 Å². The summed E-state index contributed by atoms with van der Waals surface area (Å²) in [5, 5.41) is 9.42. The Hall–Kier alpha value is -3.15. The molecular weight excluding hydrogens is 296 g/mol. The lowest BCUT2D eigenvalue weighted by atomic mass is 10.1. The van der Waals surface area contributed by atoms with Crippen LogP contribution in [0.3, 0.4) is 0 Å². The minimum atomic E-state index is -1.01. The van der Waals surface area contributed by atoms with E-state index in [0.29, 0.717) is 17.2 Å². The van der Waals surface area contributed by atoms with Gasteiger partial charge in [0.25, 0.3) is 0 Å². The van der Waals surface area contributed by atoms with Crippen LogP contribution in [0.5, 0.6) is 11.5 Å². The Bertz CT molecular complexity index is 834. The van der Waals surface area contributed by atoms with Crippen LogP contribution in [-0.2, 0) is 0 Å². The van der Waals surface area contributed by atoms with Gasteiger partial charge in [-0.15, -0.1) is 0 Å². The first-order chi connectivity index (χ1) is 11.2. The van der Waals surface area contributed by atoms with Crippen molar-refractivity contribution in [1.82, 2.24) is 9.55 Å². The van der Waals surface area contributed by atoms with Crippen LogP contribution in [0.4, 0.5) is 0 Å². The second-order valence-electron chi connectivity index (χ2n) is 4.89. The molecule has 6 nitrogen and oxygen atoms in total. The molecule has 6 heteroatoms. The van der Waals surface area contributed by atoms with Crippen molar-refractivity contribution < 1.29 is 19.4 Å². The zero-order valence-corrected chi connectivity index (χ0v) is 12.7. The summed E-state index contributed by atoms with van der Waals surface area (Å²) >= 11 is 0. The Morgan fingerprint density at radius 1 is 1.13 bits per heavy atom. The number of carbonyl (C=O) groups is 1. The van der Waals surface area contributed by atoms with Gasteiger partial charge in [-0.25, -0.2) is 4.79 Å². The first-order valence-corrected chi connectivity index (χ1v) is 6.96. The lowest BCUT2D eigenvalue weighted by Crippen LogP contribution is -2.03. The zero-order valence-electron chi connectivity index (χ0n) is 12.7. The Kier molecular flexibility index (Phi) is 3.80. The Balaban J connectivity index is 2.19. The maximum absolute atomic E-state index is 11.5. The molecule has 0 radical (unpaired) electrons. The number of aromatic nitrogens is 2. The Morgan fingerprint density at radius 2 is 1.83 bits per heavy atom. The average molecular weight is 312 g/mol. The Labute approximate surface area is 132 Å². The Morgan fingerprint density at radius 3 is 2.43 bits per heavy atom. The molecule has 0 spiro atoms. The van der Waals surface area contributed by atoms with E-state index in [9.17, 15) is 9.90 Å². The van der Waals surface area contributed by atoms with Crippen molar-refractivity contribution in [3.63, 3.8) is 0 Å². The maximum Gasteiger partial charge on any atom is 0.354 e. The first kappa shape index (κ1) is 14.8. The third kappa shape index (κ3) is 2.55. The van der Waals surface area contributed by atoms with E-state index in [1.807, 2.05) is 24.3 Å². The molecule has 118 valence electrons. The standard InChI is InChI=1S/C17H16N2O4/c1-22-13-6-5-11(9-14(13)23-2)12-10-18-15(17(20)21)16(12)19-7-3-4-8-19/h3-10,18H,1-2H3,(H,20,21). The molecule has 0 aliphatic heterocycles. The molecule has 3 aromatic rings. The summed E-state index contributed by atoms with van der Waals surface area (Å²) in [5.74, 6) is 0.190. The highest BCUT2D eigenvalue weighted by molar-refractivity contribution is 5.94. The van der Waals surface area contributed by atoms with Crippen LogP contribution in [0.1, 0.15) is 10.5 Å². The number of nitrogens with one attached hydrogen (secondary N) is 1. The van der Waals surface area contributed by atoms with Gasteiger partial charge in [-0.1, -0.05) is 6.07 Å². The van der Waals surface area contributed by atoms with E-state index in [1.54, 1.807) is 43.4 Å². The summed E-state index contributed by atoms with van der Waals surface area (Å²) in [6.07, 6.45) is 5.29. The predicted molar refractivity (Wildman–Crippen MR) is 85.6 cm³/mol. The van der Waals surface area contributed by atoms with Gasteiger partial charge < -0.3 is 24.1 Å². The van der Waals surface area contributed by atoms with E-state index in [4.69, 9.17) is 9.47 Å². The number of carboxylic acid groups (broad SMARTS) is 1. The molecule has 0 amide bonds. The van der Waals surface area contributed by atoms with Gasteiger partial charge in [0.2, 0.25) is 0 Å². The van der Waals surface area contributed by atoms with Crippen molar-refractivity contribution in [2.45, 2.75) is 0 Å². The molecule has 23 heavy (non-hydrogen) atoms. The van der Waals surface area contributed by atoms with E-state index in [1.165, 1.54) is 0 Å². The number of ether oxygens (including phenoxy) is 2. The number of H-pyrrole nitrogens is 1. The van der Waals surface area contributed by atoms with Crippen molar-refractivity contribution >= 4 is 5.97 Å². The first-order valence-electron chi connectivity index (χ1n) is 6.96. The minimum absolute atomic E-state index is 0.131. The lowest BCUT2D eigenvalue weighted by molar-refractivity contribution is 0.0691. The van der Waals surface area contributed by atoms with Crippen molar-refractivity contribution in [1.29, 1.82) is 0 Å². The van der Waals surface area contributed by atoms with Crippen LogP contribution in [0.25, 0.3) is 16.8 Å². The number of rotatable bonds is 5. The van der Waals surface area contributed by atoms with Crippen molar-refractivity contribution in [3.05, 3.63) is 54.6 Å². The molecule has 0 aliphatic rings. The number of methoxy groups -OCH3 is 2. The van der Waals surface area contributed by atoms with Crippen LogP contribution in [0, 0.1) is 0 Å². The molecule has 0 bridgehead atoms. The smallest absolute Gasteiger partial charge is 0.354 e. The summed E-state index contributed by atoms with van der Waals surface area (Å²) in [6, 6.07) is 9.17. The molecule has 0 atom stereocenters. The molecule has 0 unspecified atom stereocenters. The number of hydrogen-bond donors (Lipinski definition) is 2. The normalized spacial score (nSPS) is 10.5. The number of nitrogens with zero attached hydrogens (tertiary/aromatic N) is 1. The summed E-state index contributed by atoms with van der Waals surface area (Å²) in [6.45, 7) is 0. The van der Waals surface area contributed by atoms with Gasteiger partial charge in [-0.05, 0) is 29.8 Å². The van der Waals surface area contributed by atoms with Gasteiger partial charge in [-0.3, -0.25) is 0 Å². The SMILES string of the molecule is COc1ccc(-c2c[nH]c(C(=O)O)c2-n2cccc2)cc1OC. The van der Waals surface area contributed by atoms with E-state index >= 15 is 0 Å². The van der Waals surface area contributed by atoms with Crippen LogP contribution in [0.2, 0.25) is 0 Å². The number of benzene rings is 1. The van der Waals surface area contributed by atoms with E-state index < -0.39 is 5.97 Å². The van der Waals surface area contributed by atoms with Crippen LogP contribution < -0.4 is 9.47 Å². The van der Waals surface area contributed by atoms with Gasteiger partial charge in [0.05, 0.1) is 19.9 Å². The second kappa shape index (κ2) is 5.92. The van der Waals surface area contributed by atoms with Gasteiger partial charge in [0.15, 0.2) is 11.5 Å². The molecule has 0 fully saturated rings. The van der Waals surface area contributed by atoms with Crippen molar-refractivity contribution in [2.75, 3.05) is 14.2 Å². The van der Waals surface area contributed by atoms with Crippen LogP contribution in [-0.4, -0.2) is 34.8 Å². The zero-order chi connectivity index (χ0) is 16.4. The topological polar surface area (TPSA) is 76.5 Å². The predicted octanol–water partition coefficient (Wildman–Crippen LogP) is 3.19. The van der Waals surface area contributed by atoms with Crippen LogP contribution in [0.15, 0.2) is 48.9 Å². The largest absolute Gasteiger partial charge is 0.493 e. The average Bonchev–Trinajstić information content (AvgIpc) is 3.22. The molecule has 2 aromatic heterocycles. The number of hydrogen-bond acceptors (Lipinski definition) is 3. The fraction of sp³-hybridized carbons (Fsp3) is 0.118. The molecule has 0 saturated carbocycles. The third-order valence-corrected chi connectivity index (χ3v) is 3.62. The highest BCUT2D eigenvalue weighted by Gasteiger charge is 2.20. The fourth-order valence-corrected chi connectivity index (χ4v) is 2.55. The maximum atomic E-state index is 11.5. The van der Waals surface area contributed by atoms with Gasteiger partial charge in [0, 0.05) is 24.2 Å². The molecule has 2 N–H and O–H groups in total. The second-order valence-corrected chi connectivity index (χ2v) is 4.89. The molecule has 0 aliphatic carbocycles. The fourth-order valence-electron chi connectivity index (χ4n) is 2.55. The van der Waals surface area contributed by atoms with E-state index in [2.05, 4.69) is 4.98 Å². The quantitative estimate of drug-likeness (QED) is 0.758. The number of aromatic amines is 1. The third-order valence-electron chi connectivity index (χ3n) is 3.62. The van der Waals surface area contributed by atoms with Gasteiger partial charge in [-0.2, -0.15) is 0 Å². The number of aromatic carboxylic acids is 1. The highest BCUT2D eigenvalue weighted by atomic mass is 16.5. The monoisotopic (exact) mass is 312 g/mol. The summed E-state index contributed by atoms with van der Waals surface area (Å²) in [4.78, 5) is 14.3. The van der Waals surface area contributed by atoms with Gasteiger partial charge >= 0.3 is 5.97 Å². The molecule has 1 aromatic carbocycles. The van der Waals surface area contributed by atoms with Crippen molar-refractivity contribution in [3.8, 4) is 28.3 Å². The minimum Gasteiger partial charge on any atom is -0.493 e. The molecule has 3 rings (SSSR count). The van der Waals surface area contributed by atoms with Gasteiger partial charge in [0.1, 0.15) is 5.69 Å². The molecular formula is C17H16N2O4. The molecule has 2 heterocycles. The molecule has 0 saturated heterocycles. The van der Waals surface area contributed by atoms with Crippen molar-refractivity contribution in [2.24, 2.45) is 0 Å². The summed E-state index contributed by atoms with van der Waals surface area (Å²) in [7, 11) is 3.13. The summed E-state index contributed by atoms with van der Waals surface area (Å²) in [5.41, 5.74) is 2.30.